The van der Waals surface area contributed by atoms with Crippen molar-refractivity contribution in [3.8, 4) is 5.75 Å². The third-order valence-corrected chi connectivity index (χ3v) is 7.52. The van der Waals surface area contributed by atoms with E-state index < -0.39 is 0 Å². The van der Waals surface area contributed by atoms with E-state index in [0.29, 0.717) is 10.6 Å². The maximum Gasteiger partial charge on any atom is 0.353 e. The van der Waals surface area contributed by atoms with Crippen LogP contribution in [0.1, 0.15) is 85.3 Å². The van der Waals surface area contributed by atoms with Gasteiger partial charge in [0.05, 0.1) is 0 Å². The third-order valence-electron chi connectivity index (χ3n) is 5.19. The van der Waals surface area contributed by atoms with E-state index in [0.717, 1.165) is 12.8 Å². The molecule has 0 N–H and O–H groups in total. The molecule has 4 heteroatoms. The zero-order valence-electron chi connectivity index (χ0n) is 17.7. The quantitative estimate of drug-likeness (QED) is 0.164. The van der Waals surface area contributed by atoms with Gasteiger partial charge in [0.25, 0.3) is 0 Å². The second kappa shape index (κ2) is 11.5. The molecule has 1 aromatic carbocycles. The lowest BCUT2D eigenvalue weighted by Crippen LogP contribution is -2.06. The average molecular weight is 429 g/mol. The highest BCUT2D eigenvalue weighted by Crippen LogP contribution is 2.34. The monoisotopic (exact) mass is 428 g/mol. The van der Waals surface area contributed by atoms with Crippen molar-refractivity contribution in [2.75, 3.05) is 0 Å². The molecule has 0 saturated carbocycles. The van der Waals surface area contributed by atoms with Gasteiger partial charge in [0.1, 0.15) is 10.6 Å². The van der Waals surface area contributed by atoms with Gasteiger partial charge in [0, 0.05) is 14.3 Å². The van der Waals surface area contributed by atoms with Crippen LogP contribution >= 0.6 is 22.7 Å². The summed E-state index contributed by atoms with van der Waals surface area (Å²) < 4.78 is 8.00. The number of hydrogen-bond acceptors (Lipinski definition) is 4. The molecule has 0 aliphatic rings. The van der Waals surface area contributed by atoms with Crippen molar-refractivity contribution in [1.82, 2.24) is 0 Å². The van der Waals surface area contributed by atoms with Crippen LogP contribution in [-0.4, -0.2) is 5.97 Å². The van der Waals surface area contributed by atoms with Gasteiger partial charge in [0.15, 0.2) is 0 Å². The van der Waals surface area contributed by atoms with Crippen LogP contribution in [0.2, 0.25) is 0 Å². The Morgan fingerprint density at radius 3 is 2.17 bits per heavy atom. The summed E-state index contributed by atoms with van der Waals surface area (Å²) in [7, 11) is 0. The minimum absolute atomic E-state index is 0.252. The number of unbranched alkanes of at least 4 members (excludes halogenated alkanes) is 6. The second-order valence-electron chi connectivity index (χ2n) is 7.71. The number of hydrogen-bond donors (Lipinski definition) is 0. The Hall–Kier alpha value is -1.65. The Morgan fingerprint density at radius 1 is 0.793 bits per heavy atom. The predicted octanol–water partition coefficient (Wildman–Crippen LogP) is 8.43. The van der Waals surface area contributed by atoms with E-state index in [4.69, 9.17) is 4.74 Å². The first-order chi connectivity index (χ1) is 14.2. The van der Waals surface area contributed by atoms with E-state index in [2.05, 4.69) is 32.0 Å². The van der Waals surface area contributed by atoms with Crippen LogP contribution in [-0.2, 0) is 12.8 Å². The summed E-state index contributed by atoms with van der Waals surface area (Å²) in [4.78, 5) is 14.6. The fraction of sp³-hybridized carbons (Fsp3) is 0.480. The van der Waals surface area contributed by atoms with Crippen LogP contribution in [0.4, 0.5) is 0 Å². The van der Waals surface area contributed by atoms with Crippen LogP contribution in [0.25, 0.3) is 9.40 Å². The highest BCUT2D eigenvalue weighted by Gasteiger charge is 2.15. The number of fused-ring (bicyclic) bond motifs is 1. The van der Waals surface area contributed by atoms with E-state index >= 15 is 0 Å². The lowest BCUT2D eigenvalue weighted by Gasteiger charge is -2.05. The molecule has 0 saturated heterocycles. The first-order valence-corrected chi connectivity index (χ1v) is 12.7. The lowest BCUT2D eigenvalue weighted by atomic mass is 10.1. The number of benzene rings is 1. The molecule has 0 atom stereocenters. The molecule has 3 rings (SSSR count). The summed E-state index contributed by atoms with van der Waals surface area (Å²) in [6, 6.07) is 12.2. The van der Waals surface area contributed by atoms with Gasteiger partial charge in [-0.2, -0.15) is 0 Å². The molecule has 29 heavy (non-hydrogen) atoms. The predicted molar refractivity (Wildman–Crippen MR) is 127 cm³/mol. The fourth-order valence-electron chi connectivity index (χ4n) is 3.47. The van der Waals surface area contributed by atoms with Gasteiger partial charge in [-0.05, 0) is 55.5 Å². The molecular weight excluding hydrogens is 396 g/mol. The van der Waals surface area contributed by atoms with E-state index in [1.54, 1.807) is 11.3 Å². The van der Waals surface area contributed by atoms with Crippen LogP contribution in [0.5, 0.6) is 5.75 Å². The van der Waals surface area contributed by atoms with Gasteiger partial charge in [-0.25, -0.2) is 4.79 Å². The zero-order chi connectivity index (χ0) is 20.5. The van der Waals surface area contributed by atoms with Crippen molar-refractivity contribution in [3.63, 3.8) is 0 Å². The van der Waals surface area contributed by atoms with Crippen LogP contribution in [0.3, 0.4) is 0 Å². The van der Waals surface area contributed by atoms with Gasteiger partial charge in [-0.1, -0.05) is 64.5 Å². The van der Waals surface area contributed by atoms with Crippen LogP contribution in [0, 0.1) is 0 Å². The Kier molecular flexibility index (Phi) is 8.75. The minimum atomic E-state index is -0.252. The molecule has 0 spiro atoms. The van der Waals surface area contributed by atoms with Crippen molar-refractivity contribution in [2.45, 2.75) is 78.1 Å². The highest BCUT2D eigenvalue weighted by atomic mass is 32.1. The number of rotatable bonds is 12. The number of carbonyl (C=O) groups is 1. The Bertz CT molecular complexity index is 858. The number of thiophene rings is 2. The molecule has 0 aliphatic heterocycles. The number of ether oxygens (including phenoxy) is 1. The minimum Gasteiger partial charge on any atom is -0.422 e. The molecular formula is C25H32O2S2. The smallest absolute Gasteiger partial charge is 0.353 e. The van der Waals surface area contributed by atoms with Crippen molar-refractivity contribution < 1.29 is 9.53 Å². The molecule has 3 aromatic rings. The number of carbonyl (C=O) groups excluding carboxylic acids is 1. The molecule has 156 valence electrons. The molecule has 2 nitrogen and oxygen atoms in total. The summed E-state index contributed by atoms with van der Waals surface area (Å²) in [6.07, 6.45) is 12.5. The van der Waals surface area contributed by atoms with Crippen molar-refractivity contribution in [3.05, 3.63) is 51.7 Å². The van der Waals surface area contributed by atoms with Crippen molar-refractivity contribution >= 4 is 38.0 Å². The molecule has 0 radical (unpaired) electrons. The van der Waals surface area contributed by atoms with E-state index in [9.17, 15) is 4.79 Å². The van der Waals surface area contributed by atoms with Gasteiger partial charge >= 0.3 is 5.97 Å². The summed E-state index contributed by atoms with van der Waals surface area (Å²) in [5.74, 6) is 0.375. The Morgan fingerprint density at radius 2 is 1.45 bits per heavy atom. The maximum absolute atomic E-state index is 12.5. The number of esters is 1. The first kappa shape index (κ1) is 22.0. The summed E-state index contributed by atoms with van der Waals surface area (Å²) in [5, 5.41) is 0. The standard InChI is InChI=1S/C25H32O2S2/c1-3-5-7-8-10-11-19-13-15-20(16-14-19)27-25(26)24-18-23-22(29-24)17-21(28-23)12-9-6-4-2/h13-18H,3-12H2,1-2H3. The zero-order valence-corrected chi connectivity index (χ0v) is 19.3. The fourth-order valence-corrected chi connectivity index (χ4v) is 5.81. The van der Waals surface area contributed by atoms with Crippen molar-refractivity contribution in [1.29, 1.82) is 0 Å². The van der Waals surface area contributed by atoms with Gasteiger partial charge < -0.3 is 4.74 Å². The summed E-state index contributed by atoms with van der Waals surface area (Å²) >= 11 is 3.35. The van der Waals surface area contributed by atoms with Crippen molar-refractivity contribution in [2.24, 2.45) is 0 Å². The third kappa shape index (κ3) is 6.68. The van der Waals surface area contributed by atoms with Gasteiger partial charge in [0.2, 0.25) is 0 Å². The summed E-state index contributed by atoms with van der Waals surface area (Å²) in [5.41, 5.74) is 1.31. The summed E-state index contributed by atoms with van der Waals surface area (Å²) in [6.45, 7) is 4.47. The second-order valence-corrected chi connectivity index (χ2v) is 9.96. The SMILES string of the molecule is CCCCCCCc1ccc(OC(=O)c2cc3sc(CCCCC)cc3s2)cc1. The molecule has 2 aromatic heterocycles. The van der Waals surface area contributed by atoms with E-state index in [1.807, 2.05) is 29.5 Å². The number of aryl methyl sites for hydroxylation is 2. The average Bonchev–Trinajstić information content (AvgIpc) is 3.28. The normalized spacial score (nSPS) is 11.2. The van der Waals surface area contributed by atoms with E-state index in [-0.39, 0.29) is 5.97 Å². The largest absolute Gasteiger partial charge is 0.422 e. The molecule has 0 unspecified atom stereocenters. The highest BCUT2D eigenvalue weighted by molar-refractivity contribution is 7.28. The molecule has 0 fully saturated rings. The van der Waals surface area contributed by atoms with Gasteiger partial charge in [-0.15, -0.1) is 22.7 Å². The topological polar surface area (TPSA) is 26.3 Å². The lowest BCUT2D eigenvalue weighted by molar-refractivity contribution is 0.0740. The van der Waals surface area contributed by atoms with Crippen LogP contribution < -0.4 is 4.74 Å². The Labute approximate surface area is 182 Å². The molecule has 0 bridgehead atoms. The van der Waals surface area contributed by atoms with E-state index in [1.165, 1.54) is 71.2 Å². The Balaban J connectivity index is 1.51. The maximum atomic E-state index is 12.5. The molecule has 2 heterocycles. The molecule has 0 amide bonds. The van der Waals surface area contributed by atoms with Crippen LogP contribution in [0.15, 0.2) is 36.4 Å². The van der Waals surface area contributed by atoms with Gasteiger partial charge in [-0.3, -0.25) is 0 Å². The first-order valence-electron chi connectivity index (χ1n) is 11.0. The molecule has 0 aliphatic carbocycles.